The molecule has 0 saturated heterocycles. The molecule has 1 aromatic heterocycles. The molecule has 5 aromatic carbocycles. The van der Waals surface area contributed by atoms with Gasteiger partial charge in [-0.15, -0.1) is 0 Å². The number of rotatable bonds is 12. The van der Waals surface area contributed by atoms with Crippen molar-refractivity contribution in [3.63, 3.8) is 0 Å². The zero-order valence-electron chi connectivity index (χ0n) is 34.7. The van der Waals surface area contributed by atoms with Crippen LogP contribution in [0.5, 0.6) is 28.7 Å². The molecule has 8 rings (SSSR count). The number of aliphatic carboxylic acids is 1. The van der Waals surface area contributed by atoms with Gasteiger partial charge in [0.2, 0.25) is 5.91 Å². The fourth-order valence-electron chi connectivity index (χ4n) is 7.42. The van der Waals surface area contributed by atoms with E-state index in [-0.39, 0.29) is 26.0 Å². The van der Waals surface area contributed by atoms with E-state index in [9.17, 15) is 19.5 Å². The smallest absolute Gasteiger partial charge is 0.326 e. The van der Waals surface area contributed by atoms with Crippen LogP contribution < -0.4 is 29.6 Å². The molecule has 6 aromatic rings. The van der Waals surface area contributed by atoms with Crippen LogP contribution in [0.25, 0.3) is 0 Å². The first-order valence-electron chi connectivity index (χ1n) is 20.3. The Hall–Kier alpha value is -6.76. The van der Waals surface area contributed by atoms with Crippen LogP contribution in [-0.4, -0.2) is 51.6 Å². The number of halogens is 2. The van der Waals surface area contributed by atoms with Gasteiger partial charge in [0.1, 0.15) is 42.5 Å². The minimum atomic E-state index is -1.28. The van der Waals surface area contributed by atoms with Crippen molar-refractivity contribution >= 4 is 46.8 Å². The van der Waals surface area contributed by atoms with E-state index < -0.39 is 36.1 Å². The van der Waals surface area contributed by atoms with Crippen LogP contribution in [0.4, 0.5) is 10.5 Å². The summed E-state index contributed by atoms with van der Waals surface area (Å²) in [4.78, 5) is 46.5. The highest BCUT2D eigenvalue weighted by molar-refractivity contribution is 6.42. The summed E-state index contributed by atoms with van der Waals surface area (Å²) in [5.41, 5.74) is 7.33. The zero-order valence-corrected chi connectivity index (χ0v) is 36.2. The number of carboxylic acid groups (broad SMARTS) is 1. The maximum absolute atomic E-state index is 14.2. The number of aryl methyl sites for hydroxylation is 2. The average molecular weight is 888 g/mol. The number of anilines is 1. The Bertz CT molecular complexity index is 2660. The van der Waals surface area contributed by atoms with Crippen LogP contribution in [0.3, 0.4) is 0 Å². The Morgan fingerprint density at radius 3 is 2.29 bits per heavy atom. The van der Waals surface area contributed by atoms with Crippen LogP contribution in [0.2, 0.25) is 10.0 Å². The molecule has 2 aliphatic rings. The molecule has 3 heterocycles. The molecule has 0 saturated carbocycles. The fraction of sp³-hybridized carbons (Fsp3) is 0.224. The summed E-state index contributed by atoms with van der Waals surface area (Å²) in [7, 11) is 0. The molecule has 322 valence electrons. The number of carboxylic acids is 1. The van der Waals surface area contributed by atoms with Gasteiger partial charge in [-0.2, -0.15) is 0 Å². The van der Waals surface area contributed by atoms with Crippen molar-refractivity contribution in [2.24, 2.45) is 0 Å². The average Bonchev–Trinajstić information content (AvgIpc) is 3.28. The molecule has 0 aliphatic carbocycles. The van der Waals surface area contributed by atoms with Crippen molar-refractivity contribution in [1.29, 1.82) is 0 Å². The fourth-order valence-corrected chi connectivity index (χ4v) is 7.74. The number of hydrogen-bond acceptors (Lipinski definition) is 8. The number of aromatic nitrogens is 1. The SMILES string of the molecule is Cc1ccc(NC(=O)N2Cc3cc4c(cc3C[C@H]2C(=O)N[C@@H](Cc2ccc(Oc3ccnc(C)c3C)cc2)C(=O)O)OC[C@H](c2ccc(OCc3ccc(Cl)c(Cl)c3)cc2)O4)cc1. The van der Waals surface area contributed by atoms with Gasteiger partial charge < -0.3 is 39.6 Å². The molecule has 63 heavy (non-hydrogen) atoms. The van der Waals surface area contributed by atoms with Crippen LogP contribution in [0.1, 0.15) is 50.7 Å². The summed E-state index contributed by atoms with van der Waals surface area (Å²) in [6.45, 7) is 6.38. The zero-order chi connectivity index (χ0) is 44.2. The summed E-state index contributed by atoms with van der Waals surface area (Å²) in [5, 5.41) is 16.9. The lowest BCUT2D eigenvalue weighted by atomic mass is 9.92. The second-order valence-electron chi connectivity index (χ2n) is 15.6. The van der Waals surface area contributed by atoms with Crippen molar-refractivity contribution in [2.75, 3.05) is 11.9 Å². The number of nitrogens with zero attached hydrogens (tertiary/aromatic N) is 2. The third-order valence-electron chi connectivity index (χ3n) is 11.2. The number of ether oxygens (including phenoxy) is 4. The number of amides is 3. The van der Waals surface area contributed by atoms with Gasteiger partial charge in [0, 0.05) is 42.5 Å². The number of nitrogens with one attached hydrogen (secondary N) is 2. The monoisotopic (exact) mass is 886 g/mol. The van der Waals surface area contributed by atoms with Crippen molar-refractivity contribution in [1.82, 2.24) is 15.2 Å². The van der Waals surface area contributed by atoms with E-state index in [0.717, 1.165) is 39.1 Å². The Morgan fingerprint density at radius 2 is 1.56 bits per heavy atom. The lowest BCUT2D eigenvalue weighted by molar-refractivity contribution is -0.142. The first-order chi connectivity index (χ1) is 30.4. The van der Waals surface area contributed by atoms with Crippen LogP contribution in [0.15, 0.2) is 115 Å². The third-order valence-corrected chi connectivity index (χ3v) is 11.9. The van der Waals surface area contributed by atoms with Crippen LogP contribution in [-0.2, 0) is 35.6 Å². The molecule has 0 unspecified atom stereocenters. The van der Waals surface area contributed by atoms with Gasteiger partial charge in [-0.05, 0) is 115 Å². The number of urea groups is 1. The highest BCUT2D eigenvalue weighted by Gasteiger charge is 2.38. The van der Waals surface area contributed by atoms with Gasteiger partial charge in [-0.3, -0.25) is 9.78 Å². The molecule has 14 heteroatoms. The largest absolute Gasteiger partial charge is 0.489 e. The number of hydrogen-bond donors (Lipinski definition) is 3. The van der Waals surface area contributed by atoms with E-state index >= 15 is 0 Å². The van der Waals surface area contributed by atoms with Gasteiger partial charge in [0.05, 0.1) is 10.0 Å². The van der Waals surface area contributed by atoms with Gasteiger partial charge in [0.15, 0.2) is 17.6 Å². The third kappa shape index (κ3) is 10.1. The summed E-state index contributed by atoms with van der Waals surface area (Å²) in [6, 6.07) is 29.9. The van der Waals surface area contributed by atoms with Crippen molar-refractivity contribution in [3.8, 4) is 28.7 Å². The number of fused-ring (bicyclic) bond motifs is 2. The van der Waals surface area contributed by atoms with Crippen molar-refractivity contribution in [3.05, 3.63) is 170 Å². The first-order valence-corrected chi connectivity index (χ1v) is 21.1. The molecule has 3 amide bonds. The summed E-state index contributed by atoms with van der Waals surface area (Å²) < 4.78 is 24.7. The number of carbonyl (C=O) groups excluding carboxylic acids is 2. The van der Waals surface area contributed by atoms with Gasteiger partial charge >= 0.3 is 12.0 Å². The normalized spacial score (nSPS) is 15.7. The molecular formula is C49H44Cl2N4O8. The highest BCUT2D eigenvalue weighted by atomic mass is 35.5. The molecule has 12 nitrogen and oxygen atoms in total. The minimum Gasteiger partial charge on any atom is -0.489 e. The quantitative estimate of drug-likeness (QED) is 0.109. The van der Waals surface area contributed by atoms with Gasteiger partial charge in [0.25, 0.3) is 0 Å². The second kappa shape index (κ2) is 18.7. The Labute approximate surface area is 374 Å². The van der Waals surface area contributed by atoms with E-state index in [0.29, 0.717) is 56.7 Å². The van der Waals surface area contributed by atoms with Crippen LogP contribution >= 0.6 is 23.2 Å². The molecule has 0 radical (unpaired) electrons. The molecule has 3 N–H and O–H groups in total. The predicted molar refractivity (Wildman–Crippen MR) is 239 cm³/mol. The molecule has 2 aliphatic heterocycles. The summed E-state index contributed by atoms with van der Waals surface area (Å²) >= 11 is 12.2. The Morgan fingerprint density at radius 1 is 0.841 bits per heavy atom. The standard InChI is InChI=1S/C49H44Cl2N4O8/c1-28-4-11-36(12-5-28)53-49(59)55-25-35-24-45-44(61-27-46(63-45)33-9-15-37(16-10-33)60-26-32-8-17-39(50)40(51)20-32)23-34(35)22-42(55)47(56)54-41(48(57)58)21-31-6-13-38(14-7-31)62-43-18-19-52-30(3)29(43)2/h4-20,23-24,41-42,46H,21-22,25-27H2,1-3H3,(H,53,59)(H,54,56)(H,57,58)/t41-,42-,46+/m0/s1. The summed E-state index contributed by atoms with van der Waals surface area (Å²) in [5.74, 6) is 1.11. The Balaban J connectivity index is 0.971. The number of pyridine rings is 1. The molecule has 0 fully saturated rings. The van der Waals surface area contributed by atoms with Crippen molar-refractivity contribution in [2.45, 2.75) is 65.0 Å². The highest BCUT2D eigenvalue weighted by Crippen LogP contribution is 2.41. The van der Waals surface area contributed by atoms with Crippen molar-refractivity contribution < 1.29 is 38.4 Å². The molecule has 3 atom stereocenters. The van der Waals surface area contributed by atoms with Gasteiger partial charge in [-0.1, -0.05) is 71.2 Å². The van der Waals surface area contributed by atoms with E-state index in [1.54, 1.807) is 60.8 Å². The van der Waals surface area contributed by atoms with Gasteiger partial charge in [-0.25, -0.2) is 9.59 Å². The van der Waals surface area contributed by atoms with E-state index in [1.807, 2.05) is 75.4 Å². The molecule has 0 spiro atoms. The second-order valence-corrected chi connectivity index (χ2v) is 16.4. The molecular weight excluding hydrogens is 843 g/mol. The molecule has 0 bridgehead atoms. The Kier molecular flexibility index (Phi) is 12.7. The maximum Gasteiger partial charge on any atom is 0.326 e. The van der Waals surface area contributed by atoms with Crippen LogP contribution in [0, 0.1) is 20.8 Å². The lowest BCUT2D eigenvalue weighted by Crippen LogP contribution is -2.56. The van der Waals surface area contributed by atoms with E-state index in [1.165, 1.54) is 4.90 Å². The number of benzene rings is 5. The number of carbonyl (C=O) groups is 3. The lowest BCUT2D eigenvalue weighted by Gasteiger charge is -2.37. The van der Waals surface area contributed by atoms with E-state index in [2.05, 4.69) is 15.6 Å². The van der Waals surface area contributed by atoms with E-state index in [4.69, 9.17) is 42.1 Å². The summed E-state index contributed by atoms with van der Waals surface area (Å²) in [6.07, 6.45) is 1.37. The minimum absolute atomic E-state index is 0.00194. The maximum atomic E-state index is 14.2. The predicted octanol–water partition coefficient (Wildman–Crippen LogP) is 9.97. The first kappa shape index (κ1) is 42.9. The topological polar surface area (TPSA) is 149 Å².